The molecule has 0 spiro atoms. The van der Waals surface area contributed by atoms with Crippen LogP contribution in [0.3, 0.4) is 0 Å². The second-order valence-corrected chi connectivity index (χ2v) is 7.44. The van der Waals surface area contributed by atoms with E-state index in [1.807, 2.05) is 41.5 Å². The third-order valence-electron chi connectivity index (χ3n) is 3.88. The maximum absolute atomic E-state index is 12.6. The number of carbonyl (C=O) groups excluding carboxylic acids is 2. The molecule has 0 aliphatic carbocycles. The summed E-state index contributed by atoms with van der Waals surface area (Å²) in [4.78, 5) is 24.4. The Morgan fingerprint density at radius 3 is 2.42 bits per heavy atom. The average molecular weight is 338 g/mol. The Morgan fingerprint density at radius 2 is 1.92 bits per heavy atom. The van der Waals surface area contributed by atoms with E-state index in [1.54, 1.807) is 6.26 Å². The number of carbonyl (C=O) groups is 2. The van der Waals surface area contributed by atoms with Crippen LogP contribution in [-0.2, 0) is 9.53 Å². The maximum Gasteiger partial charge on any atom is 0.255 e. The fourth-order valence-electron chi connectivity index (χ4n) is 2.40. The van der Waals surface area contributed by atoms with E-state index in [4.69, 9.17) is 9.15 Å². The first-order chi connectivity index (χ1) is 11.1. The van der Waals surface area contributed by atoms with Gasteiger partial charge in [-0.25, -0.2) is 0 Å². The van der Waals surface area contributed by atoms with Gasteiger partial charge in [-0.2, -0.15) is 0 Å². The third-order valence-corrected chi connectivity index (χ3v) is 3.88. The van der Waals surface area contributed by atoms with Crippen molar-refractivity contribution in [3.05, 3.63) is 23.2 Å². The zero-order valence-electron chi connectivity index (χ0n) is 15.8. The van der Waals surface area contributed by atoms with Crippen molar-refractivity contribution < 1.29 is 18.7 Å². The average Bonchev–Trinajstić information content (AvgIpc) is 2.84. The lowest BCUT2D eigenvalue weighted by Gasteiger charge is -2.31. The van der Waals surface area contributed by atoms with Crippen LogP contribution in [0.2, 0.25) is 0 Å². The van der Waals surface area contributed by atoms with Crippen LogP contribution in [0.1, 0.15) is 62.2 Å². The summed E-state index contributed by atoms with van der Waals surface area (Å²) in [6.07, 6.45) is 1.60. The van der Waals surface area contributed by atoms with Crippen molar-refractivity contribution in [1.29, 1.82) is 0 Å². The van der Waals surface area contributed by atoms with Crippen LogP contribution in [-0.4, -0.2) is 38.1 Å². The van der Waals surface area contributed by atoms with Gasteiger partial charge in [-0.15, -0.1) is 0 Å². The maximum atomic E-state index is 12.6. The molecule has 6 nitrogen and oxygen atoms in total. The summed E-state index contributed by atoms with van der Waals surface area (Å²) >= 11 is 0. The minimum absolute atomic E-state index is 0.00113. The zero-order valence-corrected chi connectivity index (χ0v) is 15.8. The fraction of sp³-hybridized carbons (Fsp3) is 0.667. The van der Waals surface area contributed by atoms with Crippen LogP contribution in [0.15, 0.2) is 10.7 Å². The molecule has 1 atom stereocenters. The molecule has 1 aromatic heterocycles. The largest absolute Gasteiger partial charge is 0.468 e. The van der Waals surface area contributed by atoms with E-state index < -0.39 is 0 Å². The van der Waals surface area contributed by atoms with E-state index in [-0.39, 0.29) is 35.8 Å². The monoisotopic (exact) mass is 338 g/mol. The van der Waals surface area contributed by atoms with Crippen LogP contribution in [0.4, 0.5) is 0 Å². The van der Waals surface area contributed by atoms with Crippen molar-refractivity contribution in [3.63, 3.8) is 0 Å². The van der Waals surface area contributed by atoms with E-state index in [9.17, 15) is 9.59 Å². The Labute approximate surface area is 144 Å². The van der Waals surface area contributed by atoms with Gasteiger partial charge in [-0.3, -0.25) is 9.59 Å². The highest BCUT2D eigenvalue weighted by Gasteiger charge is 2.28. The first-order valence-corrected chi connectivity index (χ1v) is 8.22. The Bertz CT molecular complexity index is 570. The molecule has 0 bridgehead atoms. The molecule has 2 N–H and O–H groups in total. The lowest BCUT2D eigenvalue weighted by molar-refractivity contribution is -0.126. The molecule has 24 heavy (non-hydrogen) atoms. The molecule has 0 fully saturated rings. The molecular weight excluding hydrogens is 308 g/mol. The van der Waals surface area contributed by atoms with E-state index in [2.05, 4.69) is 10.6 Å². The minimum Gasteiger partial charge on any atom is -0.468 e. The summed E-state index contributed by atoms with van der Waals surface area (Å²) in [5.41, 5.74) is 1.19. The van der Waals surface area contributed by atoms with Crippen molar-refractivity contribution in [3.8, 4) is 0 Å². The fourth-order valence-corrected chi connectivity index (χ4v) is 2.40. The Balaban J connectivity index is 2.82. The molecule has 0 aliphatic heterocycles. The van der Waals surface area contributed by atoms with E-state index in [0.717, 1.165) is 5.56 Å². The lowest BCUT2D eigenvalue weighted by atomic mass is 9.86. The summed E-state index contributed by atoms with van der Waals surface area (Å²) < 4.78 is 10.3. The van der Waals surface area contributed by atoms with Crippen molar-refractivity contribution >= 4 is 11.8 Å². The van der Waals surface area contributed by atoms with Gasteiger partial charge in [0.2, 0.25) is 5.91 Å². The summed E-state index contributed by atoms with van der Waals surface area (Å²) in [6.45, 7) is 12.2. The lowest BCUT2D eigenvalue weighted by Crippen LogP contribution is -2.51. The molecule has 0 aromatic carbocycles. The Morgan fingerprint density at radius 1 is 1.29 bits per heavy atom. The number of rotatable bonds is 7. The van der Waals surface area contributed by atoms with Gasteiger partial charge in [0, 0.05) is 25.1 Å². The highest BCUT2D eigenvalue weighted by Crippen LogP contribution is 2.24. The number of hydrogen-bond donors (Lipinski definition) is 2. The van der Waals surface area contributed by atoms with Gasteiger partial charge in [0.05, 0.1) is 17.9 Å². The molecule has 1 heterocycles. The molecule has 1 aromatic rings. The van der Waals surface area contributed by atoms with Crippen LogP contribution in [0.5, 0.6) is 0 Å². The van der Waals surface area contributed by atoms with Crippen molar-refractivity contribution in [1.82, 2.24) is 10.6 Å². The summed E-state index contributed by atoms with van der Waals surface area (Å²) in [7, 11) is 1.47. The molecular formula is C18H30N2O4. The molecule has 2 amide bonds. The number of methoxy groups -OCH3 is 1. The number of hydrogen-bond acceptors (Lipinski definition) is 4. The predicted molar refractivity (Wildman–Crippen MR) is 93.1 cm³/mol. The molecule has 136 valence electrons. The molecule has 0 radical (unpaired) electrons. The first-order valence-electron chi connectivity index (χ1n) is 8.22. The molecule has 0 saturated heterocycles. The molecule has 0 aliphatic rings. The van der Waals surface area contributed by atoms with Crippen LogP contribution in [0, 0.1) is 12.3 Å². The topological polar surface area (TPSA) is 80.6 Å². The Kier molecular flexibility index (Phi) is 7.02. The minimum atomic E-state index is -0.209. The second-order valence-electron chi connectivity index (χ2n) is 7.44. The van der Waals surface area contributed by atoms with Gasteiger partial charge in [-0.05, 0) is 12.3 Å². The first kappa shape index (κ1) is 20.2. The molecule has 0 saturated carbocycles. The van der Waals surface area contributed by atoms with E-state index in [1.165, 1.54) is 7.11 Å². The molecule has 6 heteroatoms. The summed E-state index contributed by atoms with van der Waals surface area (Å²) in [5.74, 6) is 0.425. The summed E-state index contributed by atoms with van der Waals surface area (Å²) in [5, 5.41) is 5.83. The zero-order chi connectivity index (χ0) is 18.5. The smallest absolute Gasteiger partial charge is 0.255 e. The van der Waals surface area contributed by atoms with Crippen molar-refractivity contribution in [2.45, 2.75) is 53.5 Å². The Hall–Kier alpha value is -1.82. The predicted octanol–water partition coefficient (Wildman–Crippen LogP) is 2.62. The highest BCUT2D eigenvalue weighted by atomic mass is 16.5. The van der Waals surface area contributed by atoms with Crippen LogP contribution in [0.25, 0.3) is 0 Å². The van der Waals surface area contributed by atoms with Crippen molar-refractivity contribution in [2.75, 3.05) is 20.3 Å². The highest BCUT2D eigenvalue weighted by molar-refractivity contribution is 5.96. The second kappa shape index (κ2) is 8.33. The van der Waals surface area contributed by atoms with Crippen LogP contribution >= 0.6 is 0 Å². The van der Waals surface area contributed by atoms with Gasteiger partial charge in [-0.1, -0.05) is 34.6 Å². The molecule has 1 rings (SSSR count). The van der Waals surface area contributed by atoms with E-state index in [0.29, 0.717) is 17.9 Å². The van der Waals surface area contributed by atoms with Gasteiger partial charge >= 0.3 is 0 Å². The quantitative estimate of drug-likeness (QED) is 0.801. The van der Waals surface area contributed by atoms with E-state index >= 15 is 0 Å². The van der Waals surface area contributed by atoms with Crippen LogP contribution < -0.4 is 10.6 Å². The number of nitrogens with one attached hydrogen (secondary N) is 2. The van der Waals surface area contributed by atoms with Gasteiger partial charge in [0.25, 0.3) is 5.91 Å². The van der Waals surface area contributed by atoms with Gasteiger partial charge in [0.1, 0.15) is 12.4 Å². The third kappa shape index (κ3) is 5.37. The number of amides is 2. The number of aryl methyl sites for hydroxylation is 1. The number of ether oxygens (including phenoxy) is 1. The summed E-state index contributed by atoms with van der Waals surface area (Å²) in [6, 6.07) is -0.209. The van der Waals surface area contributed by atoms with Crippen molar-refractivity contribution in [2.24, 2.45) is 5.41 Å². The normalized spacial score (nSPS) is 13.0. The number of furan rings is 1. The van der Waals surface area contributed by atoms with Gasteiger partial charge < -0.3 is 19.8 Å². The SMILES string of the molecule is COCC(=O)NC(CNC(=O)c1c(C)coc1C(C)C)C(C)(C)C. The standard InChI is InChI=1S/C18H30N2O4/c1-11(2)16-15(12(3)9-24-16)17(22)19-8-13(18(4,5)6)20-14(21)10-23-7/h9,11,13H,8,10H2,1-7H3,(H,19,22)(H,20,21). The van der Waals surface area contributed by atoms with Gasteiger partial charge in [0.15, 0.2) is 0 Å². The molecule has 1 unspecified atom stereocenters.